The highest BCUT2D eigenvalue weighted by molar-refractivity contribution is 9.10. The van der Waals surface area contributed by atoms with Crippen LogP contribution in [0.25, 0.3) is 0 Å². The molecule has 0 saturated heterocycles. The smallest absolute Gasteiger partial charge is 0.0494 e. The number of para-hydroxylation sites is 1. The summed E-state index contributed by atoms with van der Waals surface area (Å²) in [5, 5.41) is 3.41. The van der Waals surface area contributed by atoms with E-state index in [9.17, 15) is 0 Å². The minimum atomic E-state index is 0.890. The van der Waals surface area contributed by atoms with Crippen molar-refractivity contribution in [1.29, 1.82) is 0 Å². The maximum absolute atomic E-state index is 3.52. The standard InChI is InChI=1S/C12H12BrNS/c1-9-6-7-10(15-9)8-14-12-5-3-2-4-11(12)13/h2-7,14H,8H2,1H3. The van der Waals surface area contributed by atoms with Gasteiger partial charge in [-0.25, -0.2) is 0 Å². The number of benzene rings is 1. The summed E-state index contributed by atoms with van der Waals surface area (Å²) in [4.78, 5) is 2.72. The molecule has 2 aromatic rings. The Balaban J connectivity index is 2.02. The van der Waals surface area contributed by atoms with Crippen LogP contribution in [0.5, 0.6) is 0 Å². The molecule has 1 aromatic heterocycles. The van der Waals surface area contributed by atoms with E-state index in [1.165, 1.54) is 9.75 Å². The van der Waals surface area contributed by atoms with Gasteiger partial charge < -0.3 is 5.32 Å². The maximum Gasteiger partial charge on any atom is 0.0494 e. The quantitative estimate of drug-likeness (QED) is 0.878. The minimum Gasteiger partial charge on any atom is -0.379 e. The normalized spacial score (nSPS) is 10.3. The fourth-order valence-corrected chi connectivity index (χ4v) is 2.62. The highest BCUT2D eigenvalue weighted by Gasteiger charge is 1.99. The van der Waals surface area contributed by atoms with Crippen LogP contribution in [0.3, 0.4) is 0 Å². The Kier molecular flexibility index (Phi) is 3.44. The minimum absolute atomic E-state index is 0.890. The van der Waals surface area contributed by atoms with Gasteiger partial charge in [-0.1, -0.05) is 12.1 Å². The predicted molar refractivity (Wildman–Crippen MR) is 70.5 cm³/mol. The summed E-state index contributed by atoms with van der Waals surface area (Å²) < 4.78 is 1.11. The predicted octanol–water partition coefficient (Wildman–Crippen LogP) is 4.43. The zero-order valence-corrected chi connectivity index (χ0v) is 10.9. The Bertz CT molecular complexity index is 450. The van der Waals surface area contributed by atoms with E-state index in [1.807, 2.05) is 29.5 Å². The molecule has 0 unspecified atom stereocenters. The third-order valence-corrected chi connectivity index (χ3v) is 3.82. The summed E-state index contributed by atoms with van der Waals surface area (Å²) >= 11 is 5.35. The number of halogens is 1. The molecule has 1 nitrogen and oxygen atoms in total. The summed E-state index contributed by atoms with van der Waals surface area (Å²) in [5.74, 6) is 0. The molecule has 1 N–H and O–H groups in total. The van der Waals surface area contributed by atoms with Gasteiger partial charge in [0.25, 0.3) is 0 Å². The van der Waals surface area contributed by atoms with Crippen molar-refractivity contribution in [2.75, 3.05) is 5.32 Å². The SMILES string of the molecule is Cc1ccc(CNc2ccccc2Br)s1. The molecule has 2 rings (SSSR count). The molecule has 0 atom stereocenters. The molecule has 0 bridgehead atoms. The van der Waals surface area contributed by atoms with Gasteiger partial charge in [-0.2, -0.15) is 0 Å². The average molecular weight is 282 g/mol. The van der Waals surface area contributed by atoms with Crippen molar-refractivity contribution in [2.24, 2.45) is 0 Å². The topological polar surface area (TPSA) is 12.0 Å². The van der Waals surface area contributed by atoms with Crippen molar-refractivity contribution in [3.63, 3.8) is 0 Å². The molecule has 0 aliphatic carbocycles. The van der Waals surface area contributed by atoms with Crippen LogP contribution >= 0.6 is 27.3 Å². The molecule has 0 aliphatic rings. The van der Waals surface area contributed by atoms with E-state index in [2.05, 4.69) is 46.4 Å². The molecule has 78 valence electrons. The van der Waals surface area contributed by atoms with E-state index in [1.54, 1.807) is 0 Å². The summed E-state index contributed by atoms with van der Waals surface area (Å²) in [7, 11) is 0. The van der Waals surface area contributed by atoms with Gasteiger partial charge in [-0.15, -0.1) is 11.3 Å². The van der Waals surface area contributed by atoms with Crippen molar-refractivity contribution in [2.45, 2.75) is 13.5 Å². The molecule has 1 heterocycles. The lowest BCUT2D eigenvalue weighted by Gasteiger charge is -2.06. The van der Waals surface area contributed by atoms with Crippen molar-refractivity contribution >= 4 is 33.0 Å². The number of rotatable bonds is 3. The van der Waals surface area contributed by atoms with Crippen molar-refractivity contribution in [3.05, 3.63) is 50.6 Å². The second-order valence-corrected chi connectivity index (χ2v) is 5.57. The first-order valence-electron chi connectivity index (χ1n) is 4.79. The van der Waals surface area contributed by atoms with Crippen LogP contribution in [0.15, 0.2) is 40.9 Å². The first-order valence-corrected chi connectivity index (χ1v) is 6.40. The second kappa shape index (κ2) is 4.81. The molecule has 0 radical (unpaired) electrons. The van der Waals surface area contributed by atoms with Crippen molar-refractivity contribution in [1.82, 2.24) is 0 Å². The number of nitrogens with one attached hydrogen (secondary N) is 1. The van der Waals surface area contributed by atoms with Crippen LogP contribution in [-0.4, -0.2) is 0 Å². The number of anilines is 1. The molecule has 15 heavy (non-hydrogen) atoms. The Hall–Kier alpha value is -0.800. The third kappa shape index (κ3) is 2.83. The van der Waals surface area contributed by atoms with E-state index in [0.29, 0.717) is 0 Å². The van der Waals surface area contributed by atoms with Crippen LogP contribution in [0.2, 0.25) is 0 Å². The number of hydrogen-bond acceptors (Lipinski definition) is 2. The first kappa shape index (κ1) is 10.7. The summed E-state index contributed by atoms with van der Waals surface area (Å²) in [6.45, 7) is 3.02. The largest absolute Gasteiger partial charge is 0.379 e. The van der Waals surface area contributed by atoms with Crippen molar-refractivity contribution < 1.29 is 0 Å². The monoisotopic (exact) mass is 281 g/mol. The molecule has 0 amide bonds. The lowest BCUT2D eigenvalue weighted by molar-refractivity contribution is 1.19. The number of hydrogen-bond donors (Lipinski definition) is 1. The molecule has 1 aromatic carbocycles. The van der Waals surface area contributed by atoms with Crippen LogP contribution in [0, 0.1) is 6.92 Å². The molecular formula is C12H12BrNS. The average Bonchev–Trinajstić information content (AvgIpc) is 2.63. The highest BCUT2D eigenvalue weighted by atomic mass is 79.9. The Morgan fingerprint density at radius 3 is 2.67 bits per heavy atom. The van der Waals surface area contributed by atoms with E-state index in [4.69, 9.17) is 0 Å². The van der Waals surface area contributed by atoms with Gasteiger partial charge in [0.1, 0.15) is 0 Å². The summed E-state index contributed by atoms with van der Waals surface area (Å²) in [5.41, 5.74) is 1.14. The maximum atomic E-state index is 3.52. The second-order valence-electron chi connectivity index (χ2n) is 3.35. The van der Waals surface area contributed by atoms with Gasteiger partial charge in [0.15, 0.2) is 0 Å². The van der Waals surface area contributed by atoms with Crippen LogP contribution in [0.4, 0.5) is 5.69 Å². The van der Waals surface area contributed by atoms with Gasteiger partial charge in [0, 0.05) is 26.5 Å². The van der Waals surface area contributed by atoms with Gasteiger partial charge in [-0.05, 0) is 47.1 Å². The van der Waals surface area contributed by atoms with E-state index >= 15 is 0 Å². The van der Waals surface area contributed by atoms with E-state index < -0.39 is 0 Å². The molecular weight excluding hydrogens is 270 g/mol. The lowest BCUT2D eigenvalue weighted by atomic mass is 10.3. The zero-order chi connectivity index (χ0) is 10.7. The van der Waals surface area contributed by atoms with Crippen molar-refractivity contribution in [3.8, 4) is 0 Å². The molecule has 0 aliphatic heterocycles. The Morgan fingerprint density at radius 1 is 1.20 bits per heavy atom. The van der Waals surface area contributed by atoms with Gasteiger partial charge in [0.2, 0.25) is 0 Å². The van der Waals surface area contributed by atoms with Gasteiger partial charge >= 0.3 is 0 Å². The van der Waals surface area contributed by atoms with E-state index in [-0.39, 0.29) is 0 Å². The van der Waals surface area contributed by atoms with Gasteiger partial charge in [-0.3, -0.25) is 0 Å². The summed E-state index contributed by atoms with van der Waals surface area (Å²) in [6.07, 6.45) is 0. The molecule has 0 fully saturated rings. The Morgan fingerprint density at radius 2 is 2.00 bits per heavy atom. The van der Waals surface area contributed by atoms with Gasteiger partial charge in [0.05, 0.1) is 0 Å². The Labute approximate surface area is 102 Å². The fraction of sp³-hybridized carbons (Fsp3) is 0.167. The number of aryl methyl sites for hydroxylation is 1. The highest BCUT2D eigenvalue weighted by Crippen LogP contribution is 2.23. The fourth-order valence-electron chi connectivity index (χ4n) is 1.37. The first-order chi connectivity index (χ1) is 7.25. The van der Waals surface area contributed by atoms with Crippen LogP contribution in [-0.2, 0) is 6.54 Å². The summed E-state index contributed by atoms with van der Waals surface area (Å²) in [6, 6.07) is 12.5. The van der Waals surface area contributed by atoms with Crippen LogP contribution in [0.1, 0.15) is 9.75 Å². The van der Waals surface area contributed by atoms with E-state index in [0.717, 1.165) is 16.7 Å². The zero-order valence-electron chi connectivity index (χ0n) is 8.46. The molecule has 0 spiro atoms. The van der Waals surface area contributed by atoms with Crippen LogP contribution < -0.4 is 5.32 Å². The third-order valence-electron chi connectivity index (χ3n) is 2.12. The lowest BCUT2D eigenvalue weighted by Crippen LogP contribution is -1.97. The number of thiophene rings is 1. The molecule has 3 heteroatoms. The molecule has 0 saturated carbocycles.